The summed E-state index contributed by atoms with van der Waals surface area (Å²) in [6, 6.07) is 9.33. The number of alkyl halides is 4. The van der Waals surface area contributed by atoms with Crippen LogP contribution >= 0.6 is 0 Å². The van der Waals surface area contributed by atoms with E-state index in [1.807, 2.05) is 4.90 Å². The predicted molar refractivity (Wildman–Crippen MR) is 120 cm³/mol. The maximum Gasteiger partial charge on any atom is 0.422 e. The van der Waals surface area contributed by atoms with Crippen LogP contribution in [0.5, 0.6) is 11.5 Å². The Kier molecular flexibility index (Phi) is 7.35. The average Bonchev–Trinajstić information content (AvgIpc) is 3.09. The first-order valence-electron chi connectivity index (χ1n) is 11.7. The lowest BCUT2D eigenvalue weighted by molar-refractivity contribution is -0.153. The zero-order valence-corrected chi connectivity index (χ0v) is 19.5. The number of likely N-dealkylation sites (tertiary alicyclic amines) is 1. The first-order chi connectivity index (χ1) is 16.6. The Morgan fingerprint density at radius 2 is 1.77 bits per heavy atom. The van der Waals surface area contributed by atoms with Crippen LogP contribution in [0.15, 0.2) is 36.4 Å². The first kappa shape index (κ1) is 25.4. The number of fused-ring (bicyclic) bond motifs is 1. The Morgan fingerprint density at radius 3 is 2.43 bits per heavy atom. The molecule has 1 heterocycles. The number of nitrogens with zero attached hydrogens (tertiary/aromatic N) is 1. The van der Waals surface area contributed by atoms with Crippen LogP contribution in [0.25, 0.3) is 0 Å². The Bertz CT molecular complexity index is 1060. The number of hydrogen-bond acceptors (Lipinski definition) is 4. The molecule has 0 bridgehead atoms. The van der Waals surface area contributed by atoms with Gasteiger partial charge >= 0.3 is 6.18 Å². The van der Waals surface area contributed by atoms with E-state index >= 15 is 4.39 Å². The predicted octanol–water partition coefficient (Wildman–Crippen LogP) is 5.91. The Balaban J connectivity index is 1.40. The highest BCUT2D eigenvalue weighted by Gasteiger charge is 2.42. The van der Waals surface area contributed by atoms with Gasteiger partial charge in [0.05, 0.1) is 6.61 Å². The maximum absolute atomic E-state index is 15.7. The molecule has 4 rings (SSSR count). The lowest BCUT2D eigenvalue weighted by Gasteiger charge is -2.37. The monoisotopic (exact) mass is 497 g/mol. The van der Waals surface area contributed by atoms with E-state index in [9.17, 15) is 22.4 Å². The number of carbonyl (C=O) groups excluding carboxylic acids is 1. The number of benzene rings is 2. The minimum Gasteiger partial charge on any atom is -0.490 e. The summed E-state index contributed by atoms with van der Waals surface area (Å²) in [6.45, 7) is 1.71. The summed E-state index contributed by atoms with van der Waals surface area (Å²) in [5.74, 6) is -1.18. The van der Waals surface area contributed by atoms with Crippen LogP contribution in [0.2, 0.25) is 0 Å². The summed E-state index contributed by atoms with van der Waals surface area (Å²) in [7, 11) is 0. The van der Waals surface area contributed by atoms with Crippen LogP contribution in [0.3, 0.4) is 0 Å². The minimum absolute atomic E-state index is 0.0385. The summed E-state index contributed by atoms with van der Waals surface area (Å²) in [5.41, 5.74) is -0.0829. The van der Waals surface area contributed by atoms with Crippen molar-refractivity contribution in [3.63, 3.8) is 0 Å². The highest BCUT2D eigenvalue weighted by molar-refractivity contribution is 6.03. The van der Waals surface area contributed by atoms with Gasteiger partial charge in [-0.1, -0.05) is 18.2 Å². The molecule has 35 heavy (non-hydrogen) atoms. The highest BCUT2D eigenvalue weighted by Crippen LogP contribution is 2.42. The Morgan fingerprint density at radius 1 is 1.09 bits per heavy atom. The van der Waals surface area contributed by atoms with Crippen LogP contribution in [0.4, 0.5) is 22.0 Å². The maximum atomic E-state index is 15.7. The van der Waals surface area contributed by atoms with Crippen LogP contribution in [-0.2, 0) is 13.0 Å². The zero-order valence-electron chi connectivity index (χ0n) is 19.5. The van der Waals surface area contributed by atoms with Crippen LogP contribution in [0.1, 0.15) is 47.7 Å². The van der Waals surface area contributed by atoms with Crippen molar-refractivity contribution < 1.29 is 36.2 Å². The van der Waals surface area contributed by atoms with Crippen molar-refractivity contribution in [1.82, 2.24) is 4.90 Å². The van der Waals surface area contributed by atoms with Crippen molar-refractivity contribution in [3.8, 4) is 11.5 Å². The molecule has 0 amide bonds. The Hall–Kier alpha value is -2.68. The second kappa shape index (κ2) is 10.1. The molecule has 0 N–H and O–H groups in total. The Labute approximate surface area is 201 Å². The van der Waals surface area contributed by atoms with Gasteiger partial charge in [-0.2, -0.15) is 13.2 Å². The van der Waals surface area contributed by atoms with E-state index in [1.54, 1.807) is 25.1 Å². The van der Waals surface area contributed by atoms with E-state index in [-0.39, 0.29) is 54.5 Å². The summed E-state index contributed by atoms with van der Waals surface area (Å²) in [6.07, 6.45) is -3.73. The topological polar surface area (TPSA) is 38.8 Å². The summed E-state index contributed by atoms with van der Waals surface area (Å²) in [4.78, 5) is 15.0. The highest BCUT2D eigenvalue weighted by atomic mass is 19.4. The minimum atomic E-state index is -4.53. The van der Waals surface area contributed by atoms with E-state index in [1.165, 1.54) is 18.2 Å². The second-order valence-electron chi connectivity index (χ2n) is 9.28. The van der Waals surface area contributed by atoms with Crippen molar-refractivity contribution in [1.29, 1.82) is 0 Å². The molecule has 1 unspecified atom stereocenters. The number of ketones is 1. The number of hydrogen-bond donors (Lipinski definition) is 0. The molecule has 2 aliphatic rings. The van der Waals surface area contributed by atoms with E-state index in [2.05, 4.69) is 0 Å². The number of rotatable bonds is 8. The number of ether oxygens (including phenoxy) is 2. The SMILES string of the molecule is CCOc1cc2c(cc1OCC(F)(F)F)C(=O)C(CC1(F)CCN(Cc3ccccc3F)CC1)C2. The molecule has 1 aliphatic carbocycles. The van der Waals surface area contributed by atoms with E-state index < -0.39 is 24.4 Å². The third-order valence-corrected chi connectivity index (χ3v) is 6.68. The van der Waals surface area contributed by atoms with Gasteiger partial charge in [0.2, 0.25) is 0 Å². The molecule has 0 spiro atoms. The molecule has 1 fully saturated rings. The van der Waals surface area contributed by atoms with E-state index in [0.29, 0.717) is 37.2 Å². The first-order valence-corrected chi connectivity index (χ1v) is 11.7. The van der Waals surface area contributed by atoms with Crippen LogP contribution < -0.4 is 9.47 Å². The molecule has 1 atom stereocenters. The summed E-state index contributed by atoms with van der Waals surface area (Å²) < 4.78 is 77.9. The van der Waals surface area contributed by atoms with Crippen LogP contribution in [-0.4, -0.2) is 48.8 Å². The summed E-state index contributed by atoms with van der Waals surface area (Å²) in [5, 5.41) is 0. The van der Waals surface area contributed by atoms with Crippen molar-refractivity contribution in [2.75, 3.05) is 26.3 Å². The second-order valence-corrected chi connectivity index (χ2v) is 9.28. The van der Waals surface area contributed by atoms with Gasteiger partial charge < -0.3 is 9.47 Å². The van der Waals surface area contributed by atoms with Crippen molar-refractivity contribution in [2.45, 2.75) is 51.0 Å². The quantitative estimate of drug-likeness (QED) is 0.425. The van der Waals surface area contributed by atoms with Gasteiger partial charge in [-0.3, -0.25) is 9.69 Å². The van der Waals surface area contributed by atoms with Crippen molar-refractivity contribution in [3.05, 3.63) is 58.9 Å². The van der Waals surface area contributed by atoms with Crippen molar-refractivity contribution in [2.24, 2.45) is 5.92 Å². The fourth-order valence-electron chi connectivity index (χ4n) is 4.91. The largest absolute Gasteiger partial charge is 0.490 e. The molecule has 0 saturated carbocycles. The summed E-state index contributed by atoms with van der Waals surface area (Å²) >= 11 is 0. The molecular weight excluding hydrogens is 469 g/mol. The lowest BCUT2D eigenvalue weighted by atomic mass is 9.82. The number of halogens is 5. The number of piperidine rings is 1. The number of carbonyl (C=O) groups is 1. The van der Waals surface area contributed by atoms with E-state index in [4.69, 9.17) is 9.47 Å². The third kappa shape index (κ3) is 6.12. The molecule has 4 nitrogen and oxygen atoms in total. The van der Waals surface area contributed by atoms with Crippen LogP contribution in [0, 0.1) is 11.7 Å². The zero-order chi connectivity index (χ0) is 25.2. The van der Waals surface area contributed by atoms with Gasteiger partial charge in [0, 0.05) is 36.7 Å². The van der Waals surface area contributed by atoms with E-state index in [0.717, 1.165) is 0 Å². The molecule has 190 valence electrons. The molecule has 9 heteroatoms. The van der Waals surface area contributed by atoms with Gasteiger partial charge in [-0.05, 0) is 56.4 Å². The van der Waals surface area contributed by atoms with Gasteiger partial charge in [0.1, 0.15) is 11.5 Å². The fourth-order valence-corrected chi connectivity index (χ4v) is 4.91. The van der Waals surface area contributed by atoms with Gasteiger partial charge in [0.25, 0.3) is 0 Å². The number of Topliss-reactive ketones (excluding diaryl/α,β-unsaturated/α-hetero) is 1. The molecule has 0 radical (unpaired) electrons. The molecule has 2 aromatic rings. The fraction of sp³-hybridized carbons (Fsp3) is 0.500. The average molecular weight is 498 g/mol. The van der Waals surface area contributed by atoms with Gasteiger partial charge in [-0.15, -0.1) is 0 Å². The van der Waals surface area contributed by atoms with Gasteiger partial charge in [-0.25, -0.2) is 8.78 Å². The standard InChI is InChI=1S/C26H28F5NO3/c1-2-34-22-12-18-11-19(24(33)20(18)13-23(22)35-16-26(29,30)31)14-25(28)7-9-32(10-8-25)15-17-5-3-4-6-21(17)27/h3-6,12-13,19H,2,7-11,14-16H2,1H3. The third-order valence-electron chi connectivity index (χ3n) is 6.68. The molecular formula is C26H28F5NO3. The molecule has 2 aromatic carbocycles. The normalized spacial score (nSPS) is 20.1. The molecule has 0 aromatic heterocycles. The molecule has 1 aliphatic heterocycles. The lowest BCUT2D eigenvalue weighted by Crippen LogP contribution is -2.43. The smallest absolute Gasteiger partial charge is 0.422 e. The van der Waals surface area contributed by atoms with Gasteiger partial charge in [0.15, 0.2) is 23.9 Å². The molecule has 1 saturated heterocycles. The van der Waals surface area contributed by atoms with Crippen molar-refractivity contribution >= 4 is 5.78 Å².